The predicted molar refractivity (Wildman–Crippen MR) is 93.6 cm³/mol. The Morgan fingerprint density at radius 3 is 2.60 bits per heavy atom. The minimum Gasteiger partial charge on any atom is -0.469 e. The molecule has 0 aliphatic carbocycles. The monoisotopic (exact) mass is 346 g/mol. The number of amides is 2. The number of methoxy groups -OCH3 is 1. The molecule has 6 heteroatoms. The number of ether oxygens (including phenoxy) is 1. The highest BCUT2D eigenvalue weighted by Gasteiger charge is 2.35. The summed E-state index contributed by atoms with van der Waals surface area (Å²) in [4.78, 5) is 38.3. The number of hydrogen-bond acceptors (Lipinski definition) is 4. The van der Waals surface area contributed by atoms with Crippen molar-refractivity contribution in [3.63, 3.8) is 0 Å². The first kappa shape index (κ1) is 19.0. The van der Waals surface area contributed by atoms with Crippen molar-refractivity contribution >= 4 is 17.8 Å². The highest BCUT2D eigenvalue weighted by atomic mass is 16.5. The van der Waals surface area contributed by atoms with Crippen LogP contribution in [0.5, 0.6) is 0 Å². The number of hydrogen-bond donors (Lipinski definition) is 1. The van der Waals surface area contributed by atoms with E-state index in [-0.39, 0.29) is 36.7 Å². The molecule has 25 heavy (non-hydrogen) atoms. The van der Waals surface area contributed by atoms with E-state index < -0.39 is 6.04 Å². The topological polar surface area (TPSA) is 75.7 Å². The van der Waals surface area contributed by atoms with Crippen molar-refractivity contribution in [3.05, 3.63) is 35.4 Å². The number of nitrogens with zero attached hydrogens (tertiary/aromatic N) is 1. The number of nitrogens with one attached hydrogen (secondary N) is 1. The molecule has 0 bridgehead atoms. The molecule has 0 saturated carbocycles. The molecule has 0 radical (unpaired) electrons. The molecule has 2 atom stereocenters. The Hall–Kier alpha value is -2.37. The standard InChI is InChI=1S/C19H26N2O4/c1-4-13(2)19(24)21-12-15-8-6-5-7-14(15)11-16(21)18(23)20-10-9-17(22)25-3/h5-8,13,16H,4,9-12H2,1-3H3,(H,20,23)/t13-,16-/m0/s1. The first-order valence-electron chi connectivity index (χ1n) is 8.69. The Kier molecular flexibility index (Phi) is 6.56. The van der Waals surface area contributed by atoms with Gasteiger partial charge in [0.2, 0.25) is 11.8 Å². The van der Waals surface area contributed by atoms with Crippen LogP contribution in [0.15, 0.2) is 24.3 Å². The Labute approximate surface area is 148 Å². The van der Waals surface area contributed by atoms with Gasteiger partial charge in [-0.05, 0) is 17.5 Å². The lowest BCUT2D eigenvalue weighted by Gasteiger charge is -2.37. The van der Waals surface area contributed by atoms with E-state index in [1.54, 1.807) is 4.90 Å². The van der Waals surface area contributed by atoms with E-state index in [2.05, 4.69) is 10.1 Å². The zero-order valence-corrected chi connectivity index (χ0v) is 15.1. The average molecular weight is 346 g/mol. The van der Waals surface area contributed by atoms with Gasteiger partial charge in [0.1, 0.15) is 6.04 Å². The van der Waals surface area contributed by atoms with Crippen LogP contribution in [0.1, 0.15) is 37.8 Å². The Balaban J connectivity index is 2.14. The van der Waals surface area contributed by atoms with Crippen LogP contribution in [-0.4, -0.2) is 42.4 Å². The molecule has 1 heterocycles. The number of carbonyl (C=O) groups is 3. The summed E-state index contributed by atoms with van der Waals surface area (Å²) >= 11 is 0. The maximum absolute atomic E-state index is 12.8. The lowest BCUT2D eigenvalue weighted by Crippen LogP contribution is -2.54. The van der Waals surface area contributed by atoms with Gasteiger partial charge in [-0.3, -0.25) is 14.4 Å². The van der Waals surface area contributed by atoms with Crippen LogP contribution in [0.3, 0.4) is 0 Å². The summed E-state index contributed by atoms with van der Waals surface area (Å²) in [7, 11) is 1.31. The molecule has 0 fully saturated rings. The van der Waals surface area contributed by atoms with Crippen LogP contribution >= 0.6 is 0 Å². The Morgan fingerprint density at radius 1 is 1.28 bits per heavy atom. The molecule has 0 spiro atoms. The van der Waals surface area contributed by atoms with Crippen LogP contribution in [0.4, 0.5) is 0 Å². The average Bonchev–Trinajstić information content (AvgIpc) is 2.65. The minimum absolute atomic E-state index is 0.00915. The van der Waals surface area contributed by atoms with Gasteiger partial charge in [-0.1, -0.05) is 38.1 Å². The fraction of sp³-hybridized carbons (Fsp3) is 0.526. The lowest BCUT2D eigenvalue weighted by molar-refractivity contribution is -0.145. The van der Waals surface area contributed by atoms with Gasteiger partial charge in [0.15, 0.2) is 0 Å². The quantitative estimate of drug-likeness (QED) is 0.795. The molecule has 0 unspecified atom stereocenters. The second-order valence-corrected chi connectivity index (χ2v) is 6.38. The van der Waals surface area contributed by atoms with E-state index >= 15 is 0 Å². The summed E-state index contributed by atoms with van der Waals surface area (Å²) in [6.45, 7) is 4.49. The molecule has 1 aromatic rings. The summed E-state index contributed by atoms with van der Waals surface area (Å²) < 4.78 is 4.57. The molecular formula is C19H26N2O4. The van der Waals surface area contributed by atoms with Crippen molar-refractivity contribution in [1.82, 2.24) is 10.2 Å². The van der Waals surface area contributed by atoms with Crippen molar-refractivity contribution in [1.29, 1.82) is 0 Å². The summed E-state index contributed by atoms with van der Waals surface area (Å²) in [5, 5.41) is 2.76. The fourth-order valence-electron chi connectivity index (χ4n) is 2.95. The van der Waals surface area contributed by atoms with Gasteiger partial charge in [0.25, 0.3) is 0 Å². The van der Waals surface area contributed by atoms with Crippen molar-refractivity contribution in [2.45, 2.75) is 45.7 Å². The first-order valence-corrected chi connectivity index (χ1v) is 8.69. The SMILES string of the molecule is CC[C@H](C)C(=O)N1Cc2ccccc2C[C@H]1C(=O)NCCC(=O)OC. The number of fused-ring (bicyclic) bond motifs is 1. The van der Waals surface area contributed by atoms with Crippen LogP contribution in [0.2, 0.25) is 0 Å². The van der Waals surface area contributed by atoms with Crippen molar-refractivity contribution < 1.29 is 19.1 Å². The second kappa shape index (κ2) is 8.65. The van der Waals surface area contributed by atoms with E-state index in [9.17, 15) is 14.4 Å². The van der Waals surface area contributed by atoms with Gasteiger partial charge in [0.05, 0.1) is 13.5 Å². The maximum Gasteiger partial charge on any atom is 0.307 e. The Bertz CT molecular complexity index is 644. The fourth-order valence-corrected chi connectivity index (χ4v) is 2.95. The zero-order chi connectivity index (χ0) is 18.4. The molecule has 0 aromatic heterocycles. The van der Waals surface area contributed by atoms with Crippen LogP contribution < -0.4 is 5.32 Å². The molecule has 1 aliphatic heterocycles. The van der Waals surface area contributed by atoms with E-state index in [0.717, 1.165) is 17.5 Å². The molecular weight excluding hydrogens is 320 g/mol. The first-order chi connectivity index (χ1) is 12.0. The zero-order valence-electron chi connectivity index (χ0n) is 15.1. The highest BCUT2D eigenvalue weighted by molar-refractivity contribution is 5.89. The molecule has 2 rings (SSSR count). The third-order valence-corrected chi connectivity index (χ3v) is 4.72. The third kappa shape index (κ3) is 4.59. The van der Waals surface area contributed by atoms with Gasteiger partial charge in [0, 0.05) is 25.4 Å². The van der Waals surface area contributed by atoms with Gasteiger partial charge in [-0.15, -0.1) is 0 Å². The van der Waals surface area contributed by atoms with Gasteiger partial charge < -0.3 is 15.0 Å². The largest absolute Gasteiger partial charge is 0.469 e. The molecule has 6 nitrogen and oxygen atoms in total. The number of carbonyl (C=O) groups excluding carboxylic acids is 3. The van der Waals surface area contributed by atoms with Crippen molar-refractivity contribution in [2.75, 3.05) is 13.7 Å². The molecule has 1 N–H and O–H groups in total. The number of rotatable bonds is 6. The summed E-state index contributed by atoms with van der Waals surface area (Å²) in [6, 6.07) is 7.33. The molecule has 0 saturated heterocycles. The smallest absolute Gasteiger partial charge is 0.307 e. The molecule has 2 amide bonds. The normalized spacial score (nSPS) is 17.4. The van der Waals surface area contributed by atoms with Crippen molar-refractivity contribution in [3.8, 4) is 0 Å². The van der Waals surface area contributed by atoms with Crippen molar-refractivity contribution in [2.24, 2.45) is 5.92 Å². The molecule has 1 aromatic carbocycles. The lowest BCUT2D eigenvalue weighted by atomic mass is 9.92. The second-order valence-electron chi connectivity index (χ2n) is 6.38. The van der Waals surface area contributed by atoms with Crippen LogP contribution in [-0.2, 0) is 32.1 Å². The third-order valence-electron chi connectivity index (χ3n) is 4.72. The van der Waals surface area contributed by atoms with E-state index in [4.69, 9.17) is 0 Å². The highest BCUT2D eigenvalue weighted by Crippen LogP contribution is 2.25. The van der Waals surface area contributed by atoms with E-state index in [1.807, 2.05) is 38.1 Å². The van der Waals surface area contributed by atoms with Crippen LogP contribution in [0.25, 0.3) is 0 Å². The minimum atomic E-state index is -0.547. The summed E-state index contributed by atoms with van der Waals surface area (Å²) in [5.74, 6) is -0.738. The van der Waals surface area contributed by atoms with E-state index in [1.165, 1.54) is 7.11 Å². The molecule has 136 valence electrons. The Morgan fingerprint density at radius 2 is 1.96 bits per heavy atom. The summed E-state index contributed by atoms with van der Waals surface area (Å²) in [5.41, 5.74) is 2.17. The van der Waals surface area contributed by atoms with E-state index in [0.29, 0.717) is 13.0 Å². The maximum atomic E-state index is 12.8. The number of esters is 1. The number of benzene rings is 1. The van der Waals surface area contributed by atoms with Crippen LogP contribution in [0, 0.1) is 5.92 Å². The molecule has 1 aliphatic rings. The summed E-state index contributed by atoms with van der Waals surface area (Å²) in [6.07, 6.45) is 1.33. The van der Waals surface area contributed by atoms with Gasteiger partial charge >= 0.3 is 5.97 Å². The van der Waals surface area contributed by atoms with Gasteiger partial charge in [-0.2, -0.15) is 0 Å². The van der Waals surface area contributed by atoms with Gasteiger partial charge in [-0.25, -0.2) is 0 Å². The predicted octanol–water partition coefficient (Wildman–Crippen LogP) is 1.67.